The molecule has 0 fully saturated rings. The summed E-state index contributed by atoms with van der Waals surface area (Å²) in [7, 11) is 1.55. The Hall–Kier alpha value is -2.11. The summed E-state index contributed by atoms with van der Waals surface area (Å²) in [5, 5.41) is 0. The lowest BCUT2D eigenvalue weighted by Crippen LogP contribution is -2.13. The van der Waals surface area contributed by atoms with Crippen molar-refractivity contribution in [1.82, 2.24) is 14.5 Å². The molecule has 0 atom stereocenters. The van der Waals surface area contributed by atoms with Crippen molar-refractivity contribution in [1.29, 1.82) is 0 Å². The van der Waals surface area contributed by atoms with E-state index < -0.39 is 0 Å². The van der Waals surface area contributed by atoms with Gasteiger partial charge in [0.25, 0.3) is 0 Å². The smallest absolute Gasteiger partial charge is 0.342 e. The Bertz CT molecular complexity index is 689. The van der Waals surface area contributed by atoms with Crippen molar-refractivity contribution in [3.05, 3.63) is 17.1 Å². The lowest BCUT2D eigenvalue weighted by Gasteiger charge is -2.15. The summed E-state index contributed by atoms with van der Waals surface area (Å²) in [5.74, 6) is 0.867. The third kappa shape index (κ3) is 2.46. The third-order valence-corrected chi connectivity index (χ3v) is 3.35. The lowest BCUT2D eigenvalue weighted by molar-refractivity contribution is 0.0526. The summed E-state index contributed by atoms with van der Waals surface area (Å²) in [6.07, 6.45) is 0. The maximum absolute atomic E-state index is 12.3. The molecule has 0 amide bonds. The Morgan fingerprint density at radius 1 is 1.29 bits per heavy atom. The zero-order chi connectivity index (χ0) is 15.7. The van der Waals surface area contributed by atoms with E-state index in [0.717, 1.165) is 11.3 Å². The minimum absolute atomic E-state index is 0.162. The summed E-state index contributed by atoms with van der Waals surface area (Å²) >= 11 is 0. The van der Waals surface area contributed by atoms with E-state index in [2.05, 4.69) is 9.97 Å². The van der Waals surface area contributed by atoms with Gasteiger partial charge in [-0.15, -0.1) is 0 Å². The molecule has 0 aliphatic carbocycles. The second-order valence-corrected chi connectivity index (χ2v) is 5.12. The van der Waals surface area contributed by atoms with E-state index in [1.165, 1.54) is 0 Å². The molecule has 0 bridgehead atoms. The number of fused-ring (bicyclic) bond motifs is 1. The fraction of sp³-hybridized carbons (Fsp3) is 0.533. The standard InChI is InChI=1S/C15H21N3O3/c1-7-21-15(19)11-9(4)16-14(20-6)12-13(11)18(8(2)3)10(5)17-12/h8H,7H2,1-6H3. The van der Waals surface area contributed by atoms with Crippen LogP contribution in [0.3, 0.4) is 0 Å². The number of pyridine rings is 1. The first-order valence-corrected chi connectivity index (χ1v) is 7.02. The van der Waals surface area contributed by atoms with E-state index in [1.807, 2.05) is 25.3 Å². The Kier molecular flexibility index (Phi) is 4.16. The largest absolute Gasteiger partial charge is 0.479 e. The maximum atomic E-state index is 12.3. The number of hydrogen-bond donors (Lipinski definition) is 0. The van der Waals surface area contributed by atoms with Crippen molar-refractivity contribution >= 4 is 17.0 Å². The molecule has 2 rings (SSSR count). The van der Waals surface area contributed by atoms with Crippen LogP contribution in [-0.4, -0.2) is 34.2 Å². The van der Waals surface area contributed by atoms with Gasteiger partial charge in [0.2, 0.25) is 5.88 Å². The molecule has 0 radical (unpaired) electrons. The van der Waals surface area contributed by atoms with E-state index in [4.69, 9.17) is 9.47 Å². The second-order valence-electron chi connectivity index (χ2n) is 5.12. The number of methoxy groups -OCH3 is 1. The first-order chi connectivity index (χ1) is 9.92. The lowest BCUT2D eigenvalue weighted by atomic mass is 10.1. The number of ether oxygens (including phenoxy) is 2. The molecule has 6 heteroatoms. The van der Waals surface area contributed by atoms with E-state index in [-0.39, 0.29) is 12.0 Å². The number of rotatable bonds is 4. The molecule has 0 unspecified atom stereocenters. The van der Waals surface area contributed by atoms with Gasteiger partial charge in [0.1, 0.15) is 11.4 Å². The number of esters is 1. The highest BCUT2D eigenvalue weighted by Gasteiger charge is 2.25. The van der Waals surface area contributed by atoms with Crippen LogP contribution in [0.25, 0.3) is 11.0 Å². The highest BCUT2D eigenvalue weighted by atomic mass is 16.5. The van der Waals surface area contributed by atoms with Crippen molar-refractivity contribution < 1.29 is 14.3 Å². The van der Waals surface area contributed by atoms with Crippen LogP contribution in [0, 0.1) is 13.8 Å². The Labute approximate surface area is 124 Å². The topological polar surface area (TPSA) is 66.2 Å². The first kappa shape index (κ1) is 15.3. The van der Waals surface area contributed by atoms with Gasteiger partial charge in [0, 0.05) is 6.04 Å². The maximum Gasteiger partial charge on any atom is 0.342 e. The van der Waals surface area contributed by atoms with Crippen LogP contribution in [0.5, 0.6) is 5.88 Å². The van der Waals surface area contributed by atoms with Crippen LogP contribution in [0.4, 0.5) is 0 Å². The van der Waals surface area contributed by atoms with Gasteiger partial charge in [0.05, 0.1) is 24.9 Å². The number of nitrogens with zero attached hydrogens (tertiary/aromatic N) is 3. The molecule has 0 aliphatic rings. The molecule has 2 aromatic heterocycles. The van der Waals surface area contributed by atoms with Crippen LogP contribution in [0.2, 0.25) is 0 Å². The molecule has 21 heavy (non-hydrogen) atoms. The van der Waals surface area contributed by atoms with Crippen molar-refractivity contribution in [2.75, 3.05) is 13.7 Å². The quantitative estimate of drug-likeness (QED) is 0.810. The SMILES string of the molecule is CCOC(=O)c1c(C)nc(OC)c2nc(C)n(C(C)C)c12. The molecule has 0 saturated heterocycles. The number of aromatic nitrogens is 3. The molecular weight excluding hydrogens is 270 g/mol. The van der Waals surface area contributed by atoms with Gasteiger partial charge in [-0.3, -0.25) is 0 Å². The minimum Gasteiger partial charge on any atom is -0.479 e. The second kappa shape index (κ2) is 5.71. The molecule has 0 spiro atoms. The molecule has 0 aromatic carbocycles. The summed E-state index contributed by atoms with van der Waals surface area (Å²) < 4.78 is 12.5. The van der Waals surface area contributed by atoms with E-state index in [1.54, 1.807) is 21.0 Å². The van der Waals surface area contributed by atoms with Gasteiger partial charge >= 0.3 is 5.97 Å². The number of carbonyl (C=O) groups excluding carboxylic acids is 1. The van der Waals surface area contributed by atoms with Gasteiger partial charge in [-0.1, -0.05) is 0 Å². The highest BCUT2D eigenvalue weighted by Crippen LogP contribution is 2.31. The van der Waals surface area contributed by atoms with E-state index in [0.29, 0.717) is 29.3 Å². The first-order valence-electron chi connectivity index (χ1n) is 7.02. The Morgan fingerprint density at radius 3 is 2.48 bits per heavy atom. The van der Waals surface area contributed by atoms with Crippen molar-refractivity contribution in [3.8, 4) is 5.88 Å². The summed E-state index contributed by atoms with van der Waals surface area (Å²) in [6.45, 7) is 9.88. The van der Waals surface area contributed by atoms with Crippen molar-refractivity contribution in [3.63, 3.8) is 0 Å². The third-order valence-electron chi connectivity index (χ3n) is 3.35. The molecular formula is C15H21N3O3. The molecule has 0 saturated carbocycles. The number of carbonyl (C=O) groups is 1. The fourth-order valence-corrected chi connectivity index (χ4v) is 2.59. The van der Waals surface area contributed by atoms with E-state index in [9.17, 15) is 4.79 Å². The van der Waals surface area contributed by atoms with Crippen molar-refractivity contribution in [2.24, 2.45) is 0 Å². The molecule has 114 valence electrons. The average molecular weight is 291 g/mol. The van der Waals surface area contributed by atoms with Crippen LogP contribution >= 0.6 is 0 Å². The predicted molar refractivity (Wildman–Crippen MR) is 79.9 cm³/mol. The molecule has 6 nitrogen and oxygen atoms in total. The minimum atomic E-state index is -0.378. The van der Waals surface area contributed by atoms with Crippen LogP contribution in [0.1, 0.15) is 48.7 Å². The number of aryl methyl sites for hydroxylation is 2. The zero-order valence-corrected chi connectivity index (χ0v) is 13.4. The molecule has 2 aromatic rings. The van der Waals surface area contributed by atoms with Crippen molar-refractivity contribution in [2.45, 2.75) is 40.7 Å². The van der Waals surface area contributed by atoms with Gasteiger partial charge in [0.15, 0.2) is 5.52 Å². The Morgan fingerprint density at radius 2 is 1.95 bits per heavy atom. The summed E-state index contributed by atoms with van der Waals surface area (Å²) in [4.78, 5) is 21.2. The highest BCUT2D eigenvalue weighted by molar-refractivity contribution is 6.04. The number of imidazole rings is 1. The van der Waals surface area contributed by atoms with Crippen LogP contribution < -0.4 is 4.74 Å². The van der Waals surface area contributed by atoms with E-state index >= 15 is 0 Å². The monoisotopic (exact) mass is 291 g/mol. The summed E-state index contributed by atoms with van der Waals surface area (Å²) in [6, 6.07) is 0.162. The van der Waals surface area contributed by atoms with Crippen LogP contribution in [0.15, 0.2) is 0 Å². The van der Waals surface area contributed by atoms with Gasteiger partial charge in [-0.2, -0.15) is 0 Å². The average Bonchev–Trinajstić information content (AvgIpc) is 2.74. The van der Waals surface area contributed by atoms with Gasteiger partial charge < -0.3 is 14.0 Å². The van der Waals surface area contributed by atoms with Gasteiger partial charge in [-0.25, -0.2) is 14.8 Å². The Balaban J connectivity index is 2.89. The van der Waals surface area contributed by atoms with Gasteiger partial charge in [-0.05, 0) is 34.6 Å². The predicted octanol–water partition coefficient (Wildman–Crippen LogP) is 2.81. The fourth-order valence-electron chi connectivity index (χ4n) is 2.59. The molecule has 0 aliphatic heterocycles. The summed E-state index contributed by atoms with van der Waals surface area (Å²) in [5.41, 5.74) is 2.37. The molecule has 2 heterocycles. The van der Waals surface area contributed by atoms with Crippen LogP contribution in [-0.2, 0) is 4.74 Å². The zero-order valence-electron chi connectivity index (χ0n) is 13.4. The normalized spacial score (nSPS) is 11.2. The molecule has 0 N–H and O–H groups in total. The number of hydrogen-bond acceptors (Lipinski definition) is 5.